The zero-order valence-electron chi connectivity index (χ0n) is 10.1. The first kappa shape index (κ1) is 13.5. The van der Waals surface area contributed by atoms with Gasteiger partial charge in [-0.15, -0.1) is 0 Å². The molecular weight excluding hydrogens is 222 g/mol. The van der Waals surface area contributed by atoms with E-state index in [1.807, 2.05) is 25.1 Å². The standard InChI is InChI=1S/C13H20ClNO/c1-4-13(10(3)16)15-8-11-9(2)6-5-7-12(11)14/h5-7,10,13,15-16H,4,8H2,1-3H3. The zero-order valence-corrected chi connectivity index (χ0v) is 10.9. The molecule has 2 N–H and O–H groups in total. The van der Waals surface area contributed by atoms with Gasteiger partial charge in [0.25, 0.3) is 0 Å². The van der Waals surface area contributed by atoms with E-state index >= 15 is 0 Å². The average molecular weight is 242 g/mol. The van der Waals surface area contributed by atoms with Gasteiger partial charge in [-0.3, -0.25) is 0 Å². The van der Waals surface area contributed by atoms with Gasteiger partial charge in [-0.1, -0.05) is 30.7 Å². The highest BCUT2D eigenvalue weighted by molar-refractivity contribution is 6.31. The second-order valence-electron chi connectivity index (χ2n) is 4.17. The van der Waals surface area contributed by atoms with Crippen molar-refractivity contribution in [2.75, 3.05) is 0 Å². The molecule has 0 amide bonds. The number of hydrogen-bond acceptors (Lipinski definition) is 2. The van der Waals surface area contributed by atoms with Crippen molar-refractivity contribution in [2.24, 2.45) is 0 Å². The molecule has 0 fully saturated rings. The first-order valence-corrected chi connectivity index (χ1v) is 6.09. The quantitative estimate of drug-likeness (QED) is 0.831. The third-order valence-electron chi connectivity index (χ3n) is 2.92. The molecule has 0 heterocycles. The zero-order chi connectivity index (χ0) is 12.1. The van der Waals surface area contributed by atoms with Gasteiger partial charge in [0.05, 0.1) is 6.10 Å². The number of hydrogen-bond donors (Lipinski definition) is 2. The highest BCUT2D eigenvalue weighted by Gasteiger charge is 2.12. The van der Waals surface area contributed by atoms with Crippen molar-refractivity contribution in [3.05, 3.63) is 34.3 Å². The molecule has 1 aromatic carbocycles. The van der Waals surface area contributed by atoms with Crippen LogP contribution < -0.4 is 5.32 Å². The molecule has 0 aliphatic heterocycles. The SMILES string of the molecule is CCC(NCc1c(C)cccc1Cl)C(C)O. The number of aliphatic hydroxyl groups is 1. The Kier molecular flexibility index (Phi) is 5.26. The Morgan fingerprint density at radius 1 is 1.44 bits per heavy atom. The van der Waals surface area contributed by atoms with E-state index in [1.165, 1.54) is 5.56 Å². The Hall–Kier alpha value is -0.570. The Balaban J connectivity index is 2.67. The number of halogens is 1. The van der Waals surface area contributed by atoms with Crippen LogP contribution in [0.1, 0.15) is 31.4 Å². The summed E-state index contributed by atoms with van der Waals surface area (Å²) in [7, 11) is 0. The van der Waals surface area contributed by atoms with Crippen LogP contribution in [0.15, 0.2) is 18.2 Å². The van der Waals surface area contributed by atoms with Crippen LogP contribution in [0, 0.1) is 6.92 Å². The van der Waals surface area contributed by atoms with Gasteiger partial charge in [0.1, 0.15) is 0 Å². The van der Waals surface area contributed by atoms with Crippen LogP contribution >= 0.6 is 11.6 Å². The first-order valence-electron chi connectivity index (χ1n) is 5.71. The second-order valence-corrected chi connectivity index (χ2v) is 4.58. The predicted octanol–water partition coefficient (Wildman–Crippen LogP) is 2.90. The molecule has 0 saturated heterocycles. The van der Waals surface area contributed by atoms with Crippen LogP contribution in [-0.4, -0.2) is 17.3 Å². The van der Waals surface area contributed by atoms with Gasteiger partial charge in [-0.05, 0) is 37.5 Å². The van der Waals surface area contributed by atoms with Crippen molar-refractivity contribution in [2.45, 2.75) is 45.9 Å². The Bertz CT molecular complexity index is 318. The molecule has 90 valence electrons. The summed E-state index contributed by atoms with van der Waals surface area (Å²) in [5.41, 5.74) is 2.30. The second kappa shape index (κ2) is 6.24. The third kappa shape index (κ3) is 3.48. The highest BCUT2D eigenvalue weighted by Crippen LogP contribution is 2.19. The molecule has 0 aliphatic rings. The van der Waals surface area contributed by atoms with E-state index in [1.54, 1.807) is 6.92 Å². The Labute approximate surface area is 103 Å². The van der Waals surface area contributed by atoms with E-state index in [2.05, 4.69) is 12.2 Å². The molecule has 3 heteroatoms. The van der Waals surface area contributed by atoms with Gasteiger partial charge in [-0.2, -0.15) is 0 Å². The summed E-state index contributed by atoms with van der Waals surface area (Å²) in [4.78, 5) is 0. The van der Waals surface area contributed by atoms with Crippen LogP contribution in [0.5, 0.6) is 0 Å². The van der Waals surface area contributed by atoms with Crippen LogP contribution in [0.3, 0.4) is 0 Å². The van der Waals surface area contributed by atoms with Crippen molar-refractivity contribution in [3.8, 4) is 0 Å². The lowest BCUT2D eigenvalue weighted by molar-refractivity contribution is 0.142. The van der Waals surface area contributed by atoms with E-state index in [4.69, 9.17) is 11.6 Å². The smallest absolute Gasteiger partial charge is 0.0665 e. The number of nitrogens with one attached hydrogen (secondary N) is 1. The summed E-state index contributed by atoms with van der Waals surface area (Å²) < 4.78 is 0. The molecule has 1 aromatic rings. The summed E-state index contributed by atoms with van der Waals surface area (Å²) in [6, 6.07) is 6.02. The number of aryl methyl sites for hydroxylation is 1. The number of rotatable bonds is 5. The summed E-state index contributed by atoms with van der Waals surface area (Å²) in [6.07, 6.45) is 0.564. The molecular formula is C13H20ClNO. The average Bonchev–Trinajstić information content (AvgIpc) is 2.22. The third-order valence-corrected chi connectivity index (χ3v) is 3.27. The molecule has 2 nitrogen and oxygen atoms in total. The molecule has 0 radical (unpaired) electrons. The highest BCUT2D eigenvalue weighted by atomic mass is 35.5. The fraction of sp³-hybridized carbons (Fsp3) is 0.538. The number of aliphatic hydroxyl groups excluding tert-OH is 1. The lowest BCUT2D eigenvalue weighted by atomic mass is 10.1. The molecule has 0 spiro atoms. The van der Waals surface area contributed by atoms with E-state index in [-0.39, 0.29) is 12.1 Å². The van der Waals surface area contributed by atoms with Crippen LogP contribution in [0.2, 0.25) is 5.02 Å². The molecule has 0 bridgehead atoms. The normalized spacial score (nSPS) is 14.8. The first-order chi connectivity index (χ1) is 7.56. The van der Waals surface area contributed by atoms with Gasteiger partial charge in [0.15, 0.2) is 0 Å². The fourth-order valence-electron chi connectivity index (χ4n) is 1.78. The predicted molar refractivity (Wildman–Crippen MR) is 68.8 cm³/mol. The maximum atomic E-state index is 9.53. The Morgan fingerprint density at radius 2 is 2.12 bits per heavy atom. The van der Waals surface area contributed by atoms with E-state index < -0.39 is 0 Å². The van der Waals surface area contributed by atoms with Crippen LogP contribution in [-0.2, 0) is 6.54 Å². The van der Waals surface area contributed by atoms with Gasteiger partial charge < -0.3 is 10.4 Å². The van der Waals surface area contributed by atoms with Crippen molar-refractivity contribution in [3.63, 3.8) is 0 Å². The fourth-order valence-corrected chi connectivity index (χ4v) is 2.07. The van der Waals surface area contributed by atoms with E-state index in [0.717, 1.165) is 17.0 Å². The molecule has 0 aliphatic carbocycles. The van der Waals surface area contributed by atoms with Gasteiger partial charge in [-0.25, -0.2) is 0 Å². The minimum absolute atomic E-state index is 0.121. The monoisotopic (exact) mass is 241 g/mol. The molecule has 0 aromatic heterocycles. The lowest BCUT2D eigenvalue weighted by Crippen LogP contribution is -2.37. The minimum Gasteiger partial charge on any atom is -0.392 e. The Morgan fingerprint density at radius 3 is 2.62 bits per heavy atom. The summed E-state index contributed by atoms with van der Waals surface area (Å²) in [5.74, 6) is 0. The topological polar surface area (TPSA) is 32.3 Å². The molecule has 1 rings (SSSR count). The van der Waals surface area contributed by atoms with Crippen molar-refractivity contribution in [1.29, 1.82) is 0 Å². The van der Waals surface area contributed by atoms with Gasteiger partial charge >= 0.3 is 0 Å². The summed E-state index contributed by atoms with van der Waals surface area (Å²) in [6.45, 7) is 6.62. The van der Waals surface area contributed by atoms with Crippen molar-refractivity contribution < 1.29 is 5.11 Å². The van der Waals surface area contributed by atoms with Gasteiger partial charge in [0.2, 0.25) is 0 Å². The number of benzene rings is 1. The molecule has 16 heavy (non-hydrogen) atoms. The van der Waals surface area contributed by atoms with Crippen LogP contribution in [0.25, 0.3) is 0 Å². The maximum absolute atomic E-state index is 9.53. The molecule has 2 atom stereocenters. The lowest BCUT2D eigenvalue weighted by Gasteiger charge is -2.20. The largest absolute Gasteiger partial charge is 0.392 e. The maximum Gasteiger partial charge on any atom is 0.0665 e. The summed E-state index contributed by atoms with van der Waals surface area (Å²) in [5, 5.41) is 13.7. The van der Waals surface area contributed by atoms with E-state index in [0.29, 0.717) is 6.54 Å². The van der Waals surface area contributed by atoms with Crippen LogP contribution in [0.4, 0.5) is 0 Å². The van der Waals surface area contributed by atoms with Gasteiger partial charge in [0, 0.05) is 17.6 Å². The van der Waals surface area contributed by atoms with Crippen molar-refractivity contribution in [1.82, 2.24) is 5.32 Å². The van der Waals surface area contributed by atoms with E-state index in [9.17, 15) is 5.11 Å². The molecule has 0 saturated carbocycles. The molecule has 2 unspecified atom stereocenters. The van der Waals surface area contributed by atoms with Crippen molar-refractivity contribution >= 4 is 11.6 Å². The minimum atomic E-state index is -0.340. The summed E-state index contributed by atoms with van der Waals surface area (Å²) >= 11 is 6.13.